The van der Waals surface area contributed by atoms with Gasteiger partial charge in [-0.3, -0.25) is 19.3 Å². The number of carbonyl (C=O) groups is 4. The van der Waals surface area contributed by atoms with Gasteiger partial charge in [-0.1, -0.05) is 32.4 Å². The highest BCUT2D eigenvalue weighted by atomic mass is 16.4. The molecule has 0 saturated heterocycles. The van der Waals surface area contributed by atoms with Gasteiger partial charge in [0.1, 0.15) is 19.1 Å². The molecule has 0 aromatic heterocycles. The predicted molar refractivity (Wildman–Crippen MR) is 94.8 cm³/mol. The number of carboxylic acid groups (broad SMARTS) is 1. The number of amides is 4. The van der Waals surface area contributed by atoms with Crippen LogP contribution in [0.15, 0.2) is 24.3 Å². The van der Waals surface area contributed by atoms with Crippen LogP contribution in [0.4, 0.5) is 16.2 Å². The summed E-state index contributed by atoms with van der Waals surface area (Å²) in [6.45, 7) is 2.93. The summed E-state index contributed by atoms with van der Waals surface area (Å²) in [5.74, 6) is -2.31. The first kappa shape index (κ1) is 19.2. The molecule has 0 spiro atoms. The van der Waals surface area contributed by atoms with E-state index < -0.39 is 30.5 Å². The number of nitrogens with zero attached hydrogens (tertiary/aromatic N) is 1. The third kappa shape index (κ3) is 4.50. The van der Waals surface area contributed by atoms with Crippen LogP contribution in [0.5, 0.6) is 0 Å². The lowest BCUT2D eigenvalue weighted by atomic mass is 9.98. The first-order valence-electron chi connectivity index (χ1n) is 8.29. The summed E-state index contributed by atoms with van der Waals surface area (Å²) in [5, 5.41) is 16.3. The lowest BCUT2D eigenvalue weighted by molar-refractivity contribution is -0.138. The van der Waals surface area contributed by atoms with Crippen LogP contribution in [-0.2, 0) is 14.4 Å². The van der Waals surface area contributed by atoms with Gasteiger partial charge >= 0.3 is 12.0 Å². The topological polar surface area (TPSA) is 128 Å². The Bertz CT molecular complexity index is 721. The number of rotatable bonds is 6. The first-order valence-corrected chi connectivity index (χ1v) is 8.29. The Labute approximate surface area is 150 Å². The lowest BCUT2D eigenvalue weighted by Gasteiger charge is -2.31. The number of para-hydroxylation sites is 2. The highest BCUT2D eigenvalue weighted by molar-refractivity contribution is 6.10. The van der Waals surface area contributed by atoms with Crippen molar-refractivity contribution in [1.82, 2.24) is 10.6 Å². The number of aliphatic carboxylic acids is 1. The number of carbonyl (C=O) groups excluding carboxylic acids is 3. The fraction of sp³-hybridized carbons (Fsp3) is 0.412. The van der Waals surface area contributed by atoms with E-state index in [9.17, 15) is 19.2 Å². The Hall–Kier alpha value is -3.10. The number of fused-ring (bicyclic) bond motifs is 1. The molecule has 4 N–H and O–H groups in total. The third-order valence-electron chi connectivity index (χ3n) is 4.20. The molecular weight excluding hydrogens is 340 g/mol. The van der Waals surface area contributed by atoms with Gasteiger partial charge in [-0.05, 0) is 18.1 Å². The lowest BCUT2D eigenvalue weighted by Crippen LogP contribution is -2.56. The highest BCUT2D eigenvalue weighted by Gasteiger charge is 2.31. The van der Waals surface area contributed by atoms with Crippen LogP contribution >= 0.6 is 0 Å². The monoisotopic (exact) mass is 362 g/mol. The number of anilines is 2. The van der Waals surface area contributed by atoms with E-state index in [1.54, 1.807) is 31.2 Å². The maximum absolute atomic E-state index is 12.7. The number of carboxylic acids is 1. The standard InChI is InChI=1S/C17H22N4O5/c1-3-10(2)15(16(25)18-8-14(23)24)20-17(26)21-9-13(22)19-11-6-4-5-7-12(11)21/h4-7,10,15H,3,8-9H2,1-2H3,(H,18,25)(H,19,22)(H,20,26)(H,23,24)/t10-,15+/m1/s1. The van der Waals surface area contributed by atoms with Crippen LogP contribution in [-0.4, -0.2) is 48.1 Å². The summed E-state index contributed by atoms with van der Waals surface area (Å²) in [5.41, 5.74) is 1.03. The number of hydrogen-bond acceptors (Lipinski definition) is 4. The molecule has 2 atom stereocenters. The smallest absolute Gasteiger partial charge is 0.323 e. The Kier molecular flexibility index (Phi) is 6.16. The van der Waals surface area contributed by atoms with Gasteiger partial charge in [-0.25, -0.2) is 4.79 Å². The van der Waals surface area contributed by atoms with Gasteiger partial charge in [0.05, 0.1) is 11.4 Å². The summed E-state index contributed by atoms with van der Waals surface area (Å²) in [4.78, 5) is 48.8. The molecule has 26 heavy (non-hydrogen) atoms. The molecule has 1 aromatic carbocycles. The van der Waals surface area contributed by atoms with Gasteiger partial charge in [0, 0.05) is 0 Å². The van der Waals surface area contributed by atoms with Gasteiger partial charge in [-0.15, -0.1) is 0 Å². The molecule has 4 amide bonds. The van der Waals surface area contributed by atoms with E-state index >= 15 is 0 Å². The van der Waals surface area contributed by atoms with Crippen molar-refractivity contribution in [3.05, 3.63) is 24.3 Å². The van der Waals surface area contributed by atoms with Crippen LogP contribution in [0.2, 0.25) is 0 Å². The van der Waals surface area contributed by atoms with Gasteiger partial charge in [-0.2, -0.15) is 0 Å². The molecule has 1 aliphatic heterocycles. The Morgan fingerprint density at radius 2 is 2.00 bits per heavy atom. The average Bonchev–Trinajstić information content (AvgIpc) is 2.62. The van der Waals surface area contributed by atoms with Gasteiger partial charge < -0.3 is 21.1 Å². The fourth-order valence-corrected chi connectivity index (χ4v) is 2.60. The molecule has 0 aliphatic carbocycles. The van der Waals surface area contributed by atoms with Crippen molar-refractivity contribution < 1.29 is 24.3 Å². The van der Waals surface area contributed by atoms with Crippen LogP contribution < -0.4 is 20.9 Å². The summed E-state index contributed by atoms with van der Waals surface area (Å²) < 4.78 is 0. The summed E-state index contributed by atoms with van der Waals surface area (Å²) >= 11 is 0. The highest BCUT2D eigenvalue weighted by Crippen LogP contribution is 2.28. The molecule has 1 aromatic rings. The molecule has 0 unspecified atom stereocenters. The van der Waals surface area contributed by atoms with E-state index in [2.05, 4.69) is 16.0 Å². The van der Waals surface area contributed by atoms with Gasteiger partial charge in [0.15, 0.2) is 0 Å². The Morgan fingerprint density at radius 3 is 2.65 bits per heavy atom. The van der Waals surface area contributed by atoms with Crippen molar-refractivity contribution in [1.29, 1.82) is 0 Å². The molecule has 140 valence electrons. The Morgan fingerprint density at radius 1 is 1.31 bits per heavy atom. The molecule has 9 heteroatoms. The van der Waals surface area contributed by atoms with E-state index in [0.717, 1.165) is 0 Å². The minimum Gasteiger partial charge on any atom is -0.480 e. The number of nitrogens with one attached hydrogen (secondary N) is 3. The molecule has 0 radical (unpaired) electrons. The van der Waals surface area contributed by atoms with Gasteiger partial charge in [0.2, 0.25) is 11.8 Å². The van der Waals surface area contributed by atoms with E-state index in [1.807, 2.05) is 6.92 Å². The van der Waals surface area contributed by atoms with Crippen molar-refractivity contribution in [2.75, 3.05) is 23.3 Å². The maximum atomic E-state index is 12.7. The van der Waals surface area contributed by atoms with Crippen LogP contribution in [0.1, 0.15) is 20.3 Å². The predicted octanol–water partition coefficient (Wildman–Crippen LogP) is 0.770. The van der Waals surface area contributed by atoms with Crippen molar-refractivity contribution in [2.45, 2.75) is 26.3 Å². The molecule has 2 rings (SSSR count). The van der Waals surface area contributed by atoms with E-state index in [-0.39, 0.29) is 18.4 Å². The fourth-order valence-electron chi connectivity index (χ4n) is 2.60. The molecule has 1 heterocycles. The number of urea groups is 1. The van der Waals surface area contributed by atoms with E-state index in [1.165, 1.54) is 4.90 Å². The zero-order valence-electron chi connectivity index (χ0n) is 14.6. The van der Waals surface area contributed by atoms with Crippen LogP contribution in [0, 0.1) is 5.92 Å². The van der Waals surface area contributed by atoms with Crippen molar-refractivity contribution in [3.63, 3.8) is 0 Å². The molecular formula is C17H22N4O5. The summed E-state index contributed by atoms with van der Waals surface area (Å²) in [7, 11) is 0. The van der Waals surface area contributed by atoms with Crippen molar-refractivity contribution in [3.8, 4) is 0 Å². The quantitative estimate of drug-likeness (QED) is 0.594. The van der Waals surface area contributed by atoms with Gasteiger partial charge in [0.25, 0.3) is 0 Å². The largest absolute Gasteiger partial charge is 0.480 e. The van der Waals surface area contributed by atoms with E-state index in [4.69, 9.17) is 5.11 Å². The molecule has 0 saturated carbocycles. The third-order valence-corrected chi connectivity index (χ3v) is 4.20. The second-order valence-corrected chi connectivity index (χ2v) is 6.08. The second-order valence-electron chi connectivity index (χ2n) is 6.08. The SMILES string of the molecule is CC[C@@H](C)[C@H](NC(=O)N1CC(=O)Nc2ccccc21)C(=O)NCC(=O)O. The van der Waals surface area contributed by atoms with Crippen molar-refractivity contribution >= 4 is 35.2 Å². The van der Waals surface area contributed by atoms with Crippen molar-refractivity contribution in [2.24, 2.45) is 5.92 Å². The Balaban J connectivity index is 2.17. The first-order chi connectivity index (χ1) is 12.3. The summed E-state index contributed by atoms with van der Waals surface area (Å²) in [6.07, 6.45) is 0.600. The second kappa shape index (κ2) is 8.32. The zero-order valence-corrected chi connectivity index (χ0v) is 14.6. The van der Waals surface area contributed by atoms with Crippen LogP contribution in [0.25, 0.3) is 0 Å². The summed E-state index contributed by atoms with van der Waals surface area (Å²) in [6, 6.07) is 5.34. The average molecular weight is 362 g/mol. The molecule has 1 aliphatic rings. The molecule has 0 fully saturated rings. The number of benzene rings is 1. The van der Waals surface area contributed by atoms with E-state index in [0.29, 0.717) is 17.8 Å². The number of hydrogen-bond donors (Lipinski definition) is 4. The minimum atomic E-state index is -1.17. The minimum absolute atomic E-state index is 0.174. The normalized spacial score (nSPS) is 15.3. The maximum Gasteiger partial charge on any atom is 0.323 e. The zero-order chi connectivity index (χ0) is 19.3. The molecule has 9 nitrogen and oxygen atoms in total. The molecule has 0 bridgehead atoms. The van der Waals surface area contributed by atoms with Crippen LogP contribution in [0.3, 0.4) is 0 Å².